The van der Waals surface area contributed by atoms with E-state index in [1.165, 1.54) is 0 Å². The van der Waals surface area contributed by atoms with Gasteiger partial charge in [0.2, 0.25) is 0 Å². The van der Waals surface area contributed by atoms with Gasteiger partial charge in [-0.05, 0) is 39.9 Å². The van der Waals surface area contributed by atoms with Crippen LogP contribution in [-0.4, -0.2) is 42.1 Å². The summed E-state index contributed by atoms with van der Waals surface area (Å²) in [6.45, 7) is 7.87. The summed E-state index contributed by atoms with van der Waals surface area (Å²) in [6.07, 6.45) is 3.02. The molecule has 0 amide bonds. The van der Waals surface area contributed by atoms with E-state index < -0.39 is 0 Å². The van der Waals surface area contributed by atoms with Crippen LogP contribution in [0.1, 0.15) is 32.8 Å². The lowest BCUT2D eigenvalue weighted by Crippen LogP contribution is -2.38. The fraction of sp³-hybridized carbons (Fsp3) is 0.556. The van der Waals surface area contributed by atoms with Gasteiger partial charge >= 0.3 is 0 Å². The number of nitrogens with zero attached hydrogens (tertiary/aromatic N) is 1. The Bertz CT molecular complexity index is 472. The molecule has 0 radical (unpaired) electrons. The maximum Gasteiger partial charge on any atom is 0.0547 e. The Hall–Kier alpha value is -0.780. The first-order valence-electron chi connectivity index (χ1n) is 8.02. The molecule has 0 saturated heterocycles. The molecule has 1 atom stereocenters. The summed E-state index contributed by atoms with van der Waals surface area (Å²) in [7, 11) is 8.17. The van der Waals surface area contributed by atoms with Crippen molar-refractivity contribution in [3.05, 3.63) is 42.1 Å². The van der Waals surface area contributed by atoms with Crippen molar-refractivity contribution in [1.82, 2.24) is 10.2 Å². The van der Waals surface area contributed by atoms with Crippen LogP contribution in [0.2, 0.25) is 0 Å². The SMILES string of the molecule is CC(CC(C)(C)N/C=C(\N)c1ccccc1)SSCCN(C)C. The van der Waals surface area contributed by atoms with Gasteiger partial charge in [0.25, 0.3) is 0 Å². The Morgan fingerprint density at radius 1 is 1.30 bits per heavy atom. The summed E-state index contributed by atoms with van der Waals surface area (Å²) in [4.78, 5) is 2.22. The highest BCUT2D eigenvalue weighted by molar-refractivity contribution is 8.76. The van der Waals surface area contributed by atoms with E-state index in [0.29, 0.717) is 5.25 Å². The van der Waals surface area contributed by atoms with Crippen LogP contribution in [0.3, 0.4) is 0 Å². The number of nitrogens with two attached hydrogens (primary N) is 1. The fourth-order valence-corrected chi connectivity index (χ4v) is 4.85. The zero-order chi connectivity index (χ0) is 17.3. The van der Waals surface area contributed by atoms with Crippen LogP contribution < -0.4 is 11.1 Å². The lowest BCUT2D eigenvalue weighted by Gasteiger charge is -2.28. The number of nitrogens with one attached hydrogen (secondary N) is 1. The topological polar surface area (TPSA) is 41.3 Å². The fourth-order valence-electron chi connectivity index (χ4n) is 2.18. The highest BCUT2D eigenvalue weighted by atomic mass is 33.1. The van der Waals surface area contributed by atoms with Gasteiger partial charge in [0.15, 0.2) is 0 Å². The molecule has 0 fully saturated rings. The molecule has 0 aliphatic heterocycles. The van der Waals surface area contributed by atoms with E-state index in [2.05, 4.69) is 45.1 Å². The number of hydrogen-bond acceptors (Lipinski definition) is 5. The Morgan fingerprint density at radius 3 is 2.57 bits per heavy atom. The van der Waals surface area contributed by atoms with Gasteiger partial charge in [-0.2, -0.15) is 0 Å². The first-order chi connectivity index (χ1) is 10.8. The van der Waals surface area contributed by atoms with Crippen molar-refractivity contribution in [2.75, 3.05) is 26.4 Å². The highest BCUT2D eigenvalue weighted by Gasteiger charge is 2.20. The van der Waals surface area contributed by atoms with E-state index in [-0.39, 0.29) is 5.54 Å². The quantitative estimate of drug-likeness (QED) is 0.491. The van der Waals surface area contributed by atoms with Crippen molar-refractivity contribution < 1.29 is 0 Å². The van der Waals surface area contributed by atoms with Crippen molar-refractivity contribution in [3.63, 3.8) is 0 Å². The van der Waals surface area contributed by atoms with Gasteiger partial charge in [-0.3, -0.25) is 0 Å². The summed E-state index contributed by atoms with van der Waals surface area (Å²) in [6, 6.07) is 10.1. The van der Waals surface area contributed by atoms with Crippen molar-refractivity contribution in [2.24, 2.45) is 5.73 Å². The maximum absolute atomic E-state index is 6.14. The van der Waals surface area contributed by atoms with Gasteiger partial charge in [0.05, 0.1) is 5.70 Å². The van der Waals surface area contributed by atoms with Crippen molar-refractivity contribution in [3.8, 4) is 0 Å². The molecular formula is C18H31N3S2. The van der Waals surface area contributed by atoms with Crippen molar-refractivity contribution in [1.29, 1.82) is 0 Å². The third kappa shape index (κ3) is 9.18. The molecule has 0 aliphatic carbocycles. The molecule has 1 rings (SSSR count). The number of rotatable bonds is 10. The minimum atomic E-state index is 0.0218. The second-order valence-electron chi connectivity index (χ2n) is 6.73. The summed E-state index contributed by atoms with van der Waals surface area (Å²) in [5.74, 6) is 1.16. The van der Waals surface area contributed by atoms with Crippen LogP contribution in [0, 0.1) is 0 Å². The zero-order valence-electron chi connectivity index (χ0n) is 15.0. The van der Waals surface area contributed by atoms with Crippen LogP contribution in [0.5, 0.6) is 0 Å². The monoisotopic (exact) mass is 353 g/mol. The predicted molar refractivity (Wildman–Crippen MR) is 109 cm³/mol. The first kappa shape index (κ1) is 20.3. The average Bonchev–Trinajstić information content (AvgIpc) is 2.49. The van der Waals surface area contributed by atoms with E-state index in [4.69, 9.17) is 5.73 Å². The summed E-state index contributed by atoms with van der Waals surface area (Å²) < 4.78 is 0. The van der Waals surface area contributed by atoms with E-state index in [9.17, 15) is 0 Å². The van der Waals surface area contributed by atoms with Gasteiger partial charge in [-0.1, -0.05) is 58.8 Å². The van der Waals surface area contributed by atoms with Gasteiger partial charge < -0.3 is 16.0 Å². The molecule has 0 saturated carbocycles. The molecule has 23 heavy (non-hydrogen) atoms. The minimum Gasteiger partial charge on any atom is -0.397 e. The number of hydrogen-bond donors (Lipinski definition) is 2. The number of benzene rings is 1. The molecule has 0 spiro atoms. The largest absolute Gasteiger partial charge is 0.397 e. The van der Waals surface area contributed by atoms with Gasteiger partial charge in [-0.15, -0.1) is 0 Å². The molecule has 130 valence electrons. The van der Waals surface area contributed by atoms with E-state index in [1.807, 2.05) is 58.1 Å². The molecule has 3 nitrogen and oxygen atoms in total. The lowest BCUT2D eigenvalue weighted by molar-refractivity contribution is 0.411. The van der Waals surface area contributed by atoms with Crippen LogP contribution in [0.15, 0.2) is 36.5 Å². The molecule has 1 unspecified atom stereocenters. The molecule has 0 heterocycles. The summed E-state index contributed by atoms with van der Waals surface area (Å²) >= 11 is 0. The zero-order valence-corrected chi connectivity index (χ0v) is 16.6. The molecule has 1 aromatic carbocycles. The normalized spacial score (nSPS) is 14.1. The summed E-state index contributed by atoms with van der Waals surface area (Å²) in [5.41, 5.74) is 8.00. The lowest BCUT2D eigenvalue weighted by atomic mass is 9.99. The molecule has 3 N–H and O–H groups in total. The molecule has 0 bridgehead atoms. The van der Waals surface area contributed by atoms with E-state index >= 15 is 0 Å². The molecule has 0 aromatic heterocycles. The standard InChI is InChI=1S/C18H31N3S2/c1-15(23-22-12-11-21(4)5)13-18(2,3)20-14-17(19)16-9-7-6-8-10-16/h6-10,14-15,20H,11-13,19H2,1-5H3/b17-14-. The molecule has 5 heteroatoms. The van der Waals surface area contributed by atoms with Crippen LogP contribution >= 0.6 is 21.6 Å². The highest BCUT2D eigenvalue weighted by Crippen LogP contribution is 2.31. The predicted octanol–water partition coefficient (Wildman–Crippen LogP) is 4.03. The Morgan fingerprint density at radius 2 is 1.96 bits per heavy atom. The van der Waals surface area contributed by atoms with Crippen LogP contribution in [-0.2, 0) is 0 Å². The van der Waals surface area contributed by atoms with E-state index in [0.717, 1.165) is 30.0 Å². The van der Waals surface area contributed by atoms with Gasteiger partial charge in [0, 0.05) is 29.3 Å². The molecular weight excluding hydrogens is 322 g/mol. The summed E-state index contributed by atoms with van der Waals surface area (Å²) in [5, 5.41) is 4.07. The van der Waals surface area contributed by atoms with Gasteiger partial charge in [0.1, 0.15) is 0 Å². The molecule has 1 aromatic rings. The maximum atomic E-state index is 6.14. The van der Waals surface area contributed by atoms with Crippen LogP contribution in [0.25, 0.3) is 5.70 Å². The van der Waals surface area contributed by atoms with E-state index in [1.54, 1.807) is 0 Å². The Balaban J connectivity index is 2.40. The Kier molecular flexibility index (Phi) is 8.95. The Labute approximate surface area is 149 Å². The van der Waals surface area contributed by atoms with Crippen molar-refractivity contribution >= 4 is 27.3 Å². The third-order valence-corrected chi connectivity index (χ3v) is 6.25. The van der Waals surface area contributed by atoms with Crippen LogP contribution in [0.4, 0.5) is 0 Å². The second-order valence-corrected chi connectivity index (χ2v) is 9.66. The smallest absolute Gasteiger partial charge is 0.0547 e. The molecule has 0 aliphatic rings. The average molecular weight is 354 g/mol. The van der Waals surface area contributed by atoms with Gasteiger partial charge in [-0.25, -0.2) is 0 Å². The minimum absolute atomic E-state index is 0.0218. The second kappa shape index (κ2) is 10.2. The van der Waals surface area contributed by atoms with Crippen molar-refractivity contribution in [2.45, 2.75) is 38.0 Å². The first-order valence-corrected chi connectivity index (χ1v) is 10.4. The third-order valence-electron chi connectivity index (χ3n) is 3.38.